The Morgan fingerprint density at radius 2 is 0.667 bits per heavy atom. The fourth-order valence-electron chi connectivity index (χ4n) is 7.98. The van der Waals surface area contributed by atoms with Gasteiger partial charge < -0.3 is 31.9 Å². The molecule has 0 spiro atoms. The first-order chi connectivity index (χ1) is 28.1. The summed E-state index contributed by atoms with van der Waals surface area (Å²) in [7, 11) is 0. The third-order valence-electron chi connectivity index (χ3n) is 11.8. The van der Waals surface area contributed by atoms with Crippen molar-refractivity contribution < 1.29 is 9.59 Å². The van der Waals surface area contributed by atoms with Gasteiger partial charge in [-0.2, -0.15) is 0 Å². The first-order valence-electron chi connectivity index (χ1n) is 25.5. The molecular formula is C49H102N6O2. The minimum atomic E-state index is -0.134. The van der Waals surface area contributed by atoms with Crippen molar-refractivity contribution in [2.24, 2.45) is 11.5 Å². The fourth-order valence-corrected chi connectivity index (χ4v) is 7.98. The molecule has 6 N–H and O–H groups in total. The second-order valence-electron chi connectivity index (χ2n) is 17.4. The van der Waals surface area contributed by atoms with E-state index in [0.717, 1.165) is 71.2 Å². The number of carbonyl (C=O) groups excluding carboxylic acids is 2. The molecule has 0 fully saturated rings. The van der Waals surface area contributed by atoms with Gasteiger partial charge in [-0.1, -0.05) is 206 Å². The van der Waals surface area contributed by atoms with E-state index in [1.807, 2.05) is 0 Å². The van der Waals surface area contributed by atoms with Crippen LogP contribution in [0.5, 0.6) is 0 Å². The van der Waals surface area contributed by atoms with Gasteiger partial charge in [-0.25, -0.2) is 4.79 Å². The smallest absolute Gasteiger partial charge is 0.319 e. The summed E-state index contributed by atoms with van der Waals surface area (Å²) in [6, 6.07) is 0.193. The predicted molar refractivity (Wildman–Crippen MR) is 250 cm³/mol. The standard InChI is InChI=1S/C49H102N6O2/c1-3-5-7-9-11-13-15-17-19-21-23-25-27-29-31-34-43-54(44-35-32-30-28-26-24-22-20-18-16-14-12-10-8-6-4-2)49(57)55(46-38-42-53-48(56)47-51)45-36-33-40-52-41-37-39-50/h52H,3-47,50-51H2,1-2H3,(H,53,56). The van der Waals surface area contributed by atoms with Crippen LogP contribution in [0.4, 0.5) is 4.79 Å². The molecule has 0 aliphatic heterocycles. The highest BCUT2D eigenvalue weighted by molar-refractivity contribution is 5.77. The molecule has 0 aromatic carbocycles. The minimum Gasteiger partial charge on any atom is -0.355 e. The van der Waals surface area contributed by atoms with Crippen molar-refractivity contribution >= 4 is 11.9 Å². The number of rotatable bonds is 47. The number of carbonyl (C=O) groups is 2. The van der Waals surface area contributed by atoms with E-state index in [0.29, 0.717) is 19.6 Å². The number of hydrogen-bond donors (Lipinski definition) is 4. The normalized spacial score (nSPS) is 11.4. The van der Waals surface area contributed by atoms with Crippen LogP contribution < -0.4 is 22.1 Å². The molecule has 0 aromatic heterocycles. The number of urea groups is 1. The summed E-state index contributed by atoms with van der Waals surface area (Å²) in [4.78, 5) is 30.1. The maximum Gasteiger partial charge on any atom is 0.319 e. The molecule has 0 aromatic rings. The van der Waals surface area contributed by atoms with Crippen molar-refractivity contribution in [3.63, 3.8) is 0 Å². The Morgan fingerprint density at radius 3 is 1.00 bits per heavy atom. The van der Waals surface area contributed by atoms with Gasteiger partial charge in [-0.15, -0.1) is 0 Å². The molecule has 0 rings (SSSR count). The SMILES string of the molecule is CCCCCCCCCCCCCCCCCCN(CCCCCCCCCCCCCCCCCC)C(=O)N(CCCCNCCCN)CCCNC(=O)CN. The highest BCUT2D eigenvalue weighted by atomic mass is 16.2. The number of nitrogens with one attached hydrogen (secondary N) is 2. The number of unbranched alkanes of at least 4 members (excludes halogenated alkanes) is 31. The van der Waals surface area contributed by atoms with Crippen molar-refractivity contribution in [1.82, 2.24) is 20.4 Å². The van der Waals surface area contributed by atoms with Gasteiger partial charge in [0.25, 0.3) is 0 Å². The Labute approximate surface area is 356 Å². The van der Waals surface area contributed by atoms with E-state index in [1.165, 1.54) is 193 Å². The van der Waals surface area contributed by atoms with E-state index < -0.39 is 0 Å². The van der Waals surface area contributed by atoms with Gasteiger partial charge in [-0.3, -0.25) is 4.79 Å². The molecule has 340 valence electrons. The van der Waals surface area contributed by atoms with Crippen molar-refractivity contribution in [3.05, 3.63) is 0 Å². The summed E-state index contributed by atoms with van der Waals surface area (Å²) >= 11 is 0. The molecule has 0 saturated heterocycles. The van der Waals surface area contributed by atoms with Gasteiger partial charge in [-0.05, 0) is 58.2 Å². The summed E-state index contributed by atoms with van der Waals surface area (Å²) in [5, 5.41) is 6.36. The molecule has 3 amide bonds. The van der Waals surface area contributed by atoms with Crippen LogP contribution in [-0.2, 0) is 4.79 Å². The van der Waals surface area contributed by atoms with Crippen LogP contribution in [0.15, 0.2) is 0 Å². The van der Waals surface area contributed by atoms with E-state index in [1.54, 1.807) is 0 Å². The zero-order chi connectivity index (χ0) is 41.5. The highest BCUT2D eigenvalue weighted by Crippen LogP contribution is 2.17. The van der Waals surface area contributed by atoms with Gasteiger partial charge in [0.15, 0.2) is 0 Å². The maximum atomic E-state index is 14.1. The lowest BCUT2D eigenvalue weighted by Crippen LogP contribution is -2.45. The molecule has 0 radical (unpaired) electrons. The number of hydrogen-bond acceptors (Lipinski definition) is 5. The molecule has 0 aliphatic carbocycles. The second-order valence-corrected chi connectivity index (χ2v) is 17.4. The average Bonchev–Trinajstić information content (AvgIpc) is 3.22. The first-order valence-corrected chi connectivity index (χ1v) is 25.5. The van der Waals surface area contributed by atoms with Gasteiger partial charge in [0.2, 0.25) is 5.91 Å². The highest BCUT2D eigenvalue weighted by Gasteiger charge is 2.20. The molecule has 0 unspecified atom stereocenters. The lowest BCUT2D eigenvalue weighted by atomic mass is 10.0. The Bertz CT molecular complexity index is 779. The van der Waals surface area contributed by atoms with Crippen LogP contribution in [0.25, 0.3) is 0 Å². The lowest BCUT2D eigenvalue weighted by molar-refractivity contribution is -0.119. The summed E-state index contributed by atoms with van der Waals surface area (Å²) in [5.74, 6) is -0.134. The fraction of sp³-hybridized carbons (Fsp3) is 0.959. The monoisotopic (exact) mass is 807 g/mol. The Hall–Kier alpha value is -1.38. The number of nitrogens with two attached hydrogens (primary N) is 2. The van der Waals surface area contributed by atoms with Gasteiger partial charge in [0.1, 0.15) is 0 Å². The van der Waals surface area contributed by atoms with Crippen LogP contribution in [0.1, 0.15) is 245 Å². The van der Waals surface area contributed by atoms with E-state index in [9.17, 15) is 9.59 Å². The van der Waals surface area contributed by atoms with Crippen molar-refractivity contribution in [3.8, 4) is 0 Å². The molecule has 0 bridgehead atoms. The van der Waals surface area contributed by atoms with Crippen LogP contribution in [0, 0.1) is 0 Å². The van der Waals surface area contributed by atoms with Crippen LogP contribution >= 0.6 is 0 Å². The van der Waals surface area contributed by atoms with E-state index in [-0.39, 0.29) is 18.5 Å². The summed E-state index contributed by atoms with van der Waals surface area (Å²) in [5.41, 5.74) is 11.1. The topological polar surface area (TPSA) is 117 Å². The lowest BCUT2D eigenvalue weighted by Gasteiger charge is -2.31. The molecule has 8 heteroatoms. The molecule has 0 saturated carbocycles. The third kappa shape index (κ3) is 41.2. The van der Waals surface area contributed by atoms with E-state index in [2.05, 4.69) is 34.3 Å². The zero-order valence-corrected chi connectivity index (χ0v) is 38.7. The van der Waals surface area contributed by atoms with Crippen molar-refractivity contribution in [2.45, 2.75) is 245 Å². The third-order valence-corrected chi connectivity index (χ3v) is 11.8. The Balaban J connectivity index is 4.68. The summed E-state index contributed by atoms with van der Waals surface area (Å²) in [6.45, 7) is 10.9. The van der Waals surface area contributed by atoms with E-state index >= 15 is 0 Å². The van der Waals surface area contributed by atoms with Crippen molar-refractivity contribution in [2.75, 3.05) is 58.9 Å². The van der Waals surface area contributed by atoms with Gasteiger partial charge >= 0.3 is 6.03 Å². The Kier molecular flexibility index (Phi) is 46.2. The second kappa shape index (κ2) is 47.3. The molecule has 0 aliphatic rings. The number of amides is 3. The molecule has 8 nitrogen and oxygen atoms in total. The van der Waals surface area contributed by atoms with Crippen molar-refractivity contribution in [1.29, 1.82) is 0 Å². The summed E-state index contributed by atoms with van der Waals surface area (Å²) < 4.78 is 0. The molecular weight excluding hydrogens is 705 g/mol. The quantitative estimate of drug-likeness (QED) is 0.0457. The van der Waals surface area contributed by atoms with Crippen LogP contribution in [0.3, 0.4) is 0 Å². The van der Waals surface area contributed by atoms with Crippen LogP contribution in [0.2, 0.25) is 0 Å². The van der Waals surface area contributed by atoms with E-state index in [4.69, 9.17) is 11.5 Å². The minimum absolute atomic E-state index is 0.00615. The molecule has 0 heterocycles. The summed E-state index contributed by atoms with van der Waals surface area (Å²) in [6.07, 6.45) is 47.3. The molecule has 57 heavy (non-hydrogen) atoms. The zero-order valence-electron chi connectivity index (χ0n) is 38.7. The molecule has 0 atom stereocenters. The number of nitrogens with zero attached hydrogens (tertiary/aromatic N) is 2. The van der Waals surface area contributed by atoms with Gasteiger partial charge in [0.05, 0.1) is 6.54 Å². The Morgan fingerprint density at radius 1 is 0.368 bits per heavy atom. The van der Waals surface area contributed by atoms with Crippen LogP contribution in [-0.4, -0.2) is 80.6 Å². The van der Waals surface area contributed by atoms with Gasteiger partial charge in [0, 0.05) is 32.7 Å². The maximum absolute atomic E-state index is 14.1. The first kappa shape index (κ1) is 55.6. The predicted octanol–water partition coefficient (Wildman–Crippen LogP) is 12.4. The largest absolute Gasteiger partial charge is 0.355 e. The average molecular weight is 807 g/mol.